The van der Waals surface area contributed by atoms with Crippen LogP contribution in [0.1, 0.15) is 52.0 Å². The molecule has 5 unspecified atom stereocenters. The van der Waals surface area contributed by atoms with E-state index in [1.54, 1.807) is 23.7 Å². The van der Waals surface area contributed by atoms with E-state index in [-0.39, 0.29) is 0 Å². The van der Waals surface area contributed by atoms with Gasteiger partial charge in [-0.1, -0.05) is 125 Å². The normalized spacial score (nSPS) is 28.9. The van der Waals surface area contributed by atoms with Crippen molar-refractivity contribution in [3.8, 4) is 0 Å². The minimum absolute atomic E-state index is 0.682. The molecule has 6 rings (SSSR count). The zero-order chi connectivity index (χ0) is 23.3. The number of rotatable bonds is 5. The van der Waals surface area contributed by atoms with E-state index in [0.717, 1.165) is 23.3 Å². The quantitative estimate of drug-likeness (QED) is 0.260. The molecule has 0 aromatic heterocycles. The van der Waals surface area contributed by atoms with Crippen molar-refractivity contribution in [2.75, 3.05) is 0 Å². The van der Waals surface area contributed by atoms with Crippen LogP contribution in [0.5, 0.6) is 0 Å². The Hall–Kier alpha value is -2.12. The molecular formula is C33H40Si. The van der Waals surface area contributed by atoms with Crippen LogP contribution in [-0.2, 0) is 0 Å². The van der Waals surface area contributed by atoms with Gasteiger partial charge in [0.1, 0.15) is 0 Å². The molecule has 3 aliphatic rings. The molecule has 176 valence electrons. The van der Waals surface area contributed by atoms with Crippen molar-refractivity contribution in [1.29, 1.82) is 0 Å². The molecule has 0 amide bonds. The third kappa shape index (κ3) is 3.54. The van der Waals surface area contributed by atoms with E-state index < -0.39 is 8.07 Å². The molecule has 34 heavy (non-hydrogen) atoms. The van der Waals surface area contributed by atoms with E-state index in [2.05, 4.69) is 93.6 Å². The van der Waals surface area contributed by atoms with Crippen LogP contribution in [0.2, 0.25) is 23.7 Å². The van der Waals surface area contributed by atoms with Crippen molar-refractivity contribution >= 4 is 35.2 Å². The SMILES string of the molecule is CCC(C)C[Si]1(C2C(C)CC3C(c4c5ccccc5cc5ccccc45)=CC=CC32)CCCC1. The van der Waals surface area contributed by atoms with Crippen molar-refractivity contribution in [1.82, 2.24) is 0 Å². The summed E-state index contributed by atoms with van der Waals surface area (Å²) in [5.41, 5.74) is 4.11. The summed E-state index contributed by atoms with van der Waals surface area (Å²) < 4.78 is 0. The average molecular weight is 465 g/mol. The standard InChI is InChI=1S/C33H40Si/c1-4-23(2)22-34(18-9-10-19-34)33-24(3)20-31-29(16-11-17-30(31)33)32-27-14-7-5-12-25(27)21-26-13-6-8-15-28(26)32/h5-8,11-17,21,23-24,30-31,33H,4,9-10,18-20,22H2,1-3H3. The summed E-state index contributed by atoms with van der Waals surface area (Å²) in [4.78, 5) is 0. The molecule has 2 aliphatic carbocycles. The van der Waals surface area contributed by atoms with Crippen molar-refractivity contribution in [2.45, 2.75) is 70.1 Å². The number of benzene rings is 3. The molecule has 0 bridgehead atoms. The minimum atomic E-state index is -1.27. The molecule has 1 aliphatic heterocycles. The van der Waals surface area contributed by atoms with Gasteiger partial charge in [-0.2, -0.15) is 0 Å². The highest BCUT2D eigenvalue weighted by Crippen LogP contribution is 2.61. The van der Waals surface area contributed by atoms with Crippen molar-refractivity contribution in [3.63, 3.8) is 0 Å². The summed E-state index contributed by atoms with van der Waals surface area (Å²) in [6, 6.07) is 25.3. The Morgan fingerprint density at radius 3 is 2.24 bits per heavy atom. The topological polar surface area (TPSA) is 0 Å². The van der Waals surface area contributed by atoms with E-state index in [0.29, 0.717) is 5.92 Å². The Morgan fingerprint density at radius 1 is 0.941 bits per heavy atom. The van der Waals surface area contributed by atoms with Crippen molar-refractivity contribution in [2.24, 2.45) is 23.7 Å². The zero-order valence-electron chi connectivity index (χ0n) is 21.3. The lowest BCUT2D eigenvalue weighted by Crippen LogP contribution is -2.42. The van der Waals surface area contributed by atoms with Crippen LogP contribution < -0.4 is 0 Å². The van der Waals surface area contributed by atoms with Gasteiger partial charge in [0.05, 0.1) is 8.07 Å². The Balaban J connectivity index is 1.47. The monoisotopic (exact) mass is 464 g/mol. The molecule has 0 nitrogen and oxygen atoms in total. The van der Waals surface area contributed by atoms with E-state index in [4.69, 9.17) is 0 Å². The van der Waals surface area contributed by atoms with E-state index in [1.807, 2.05) is 0 Å². The van der Waals surface area contributed by atoms with Gasteiger partial charge in [-0.15, -0.1) is 0 Å². The largest absolute Gasteiger partial charge is 0.0808 e. The molecule has 0 N–H and O–H groups in total. The summed E-state index contributed by atoms with van der Waals surface area (Å²) in [5, 5.41) is 5.63. The highest BCUT2D eigenvalue weighted by Gasteiger charge is 2.54. The first-order valence-electron chi connectivity index (χ1n) is 13.9. The lowest BCUT2D eigenvalue weighted by molar-refractivity contribution is 0.529. The molecular weight excluding hydrogens is 424 g/mol. The van der Waals surface area contributed by atoms with E-state index in [1.165, 1.54) is 52.8 Å². The Morgan fingerprint density at radius 2 is 1.59 bits per heavy atom. The second-order valence-corrected chi connectivity index (χ2v) is 16.7. The Kier molecular flexibility index (Phi) is 5.80. The summed E-state index contributed by atoms with van der Waals surface area (Å²) >= 11 is 0. The van der Waals surface area contributed by atoms with Crippen LogP contribution in [0.4, 0.5) is 0 Å². The van der Waals surface area contributed by atoms with Gasteiger partial charge in [0, 0.05) is 0 Å². The predicted molar refractivity (Wildman–Crippen MR) is 152 cm³/mol. The molecule has 5 atom stereocenters. The highest BCUT2D eigenvalue weighted by molar-refractivity contribution is 6.82. The molecule has 1 heteroatoms. The summed E-state index contributed by atoms with van der Waals surface area (Å²) in [6.07, 6.45) is 13.3. The highest BCUT2D eigenvalue weighted by atomic mass is 28.3. The molecule has 1 saturated carbocycles. The van der Waals surface area contributed by atoms with Crippen molar-refractivity contribution in [3.05, 3.63) is 78.4 Å². The maximum Gasteiger partial charge on any atom is 0.0578 e. The van der Waals surface area contributed by atoms with Crippen LogP contribution in [0, 0.1) is 23.7 Å². The maximum atomic E-state index is 2.65. The second-order valence-electron chi connectivity index (χ2n) is 11.9. The maximum absolute atomic E-state index is 2.65. The zero-order valence-corrected chi connectivity index (χ0v) is 22.3. The van der Waals surface area contributed by atoms with Crippen LogP contribution in [-0.4, -0.2) is 8.07 Å². The van der Waals surface area contributed by atoms with Crippen LogP contribution in [0.25, 0.3) is 27.1 Å². The van der Waals surface area contributed by atoms with Gasteiger partial charge in [-0.25, -0.2) is 0 Å². The summed E-state index contributed by atoms with van der Waals surface area (Å²) in [7, 11) is -1.27. The van der Waals surface area contributed by atoms with Gasteiger partial charge in [0.15, 0.2) is 0 Å². The van der Waals surface area contributed by atoms with Crippen molar-refractivity contribution < 1.29 is 0 Å². The van der Waals surface area contributed by atoms with Gasteiger partial charge in [0.2, 0.25) is 0 Å². The van der Waals surface area contributed by atoms with Crippen LogP contribution in [0.15, 0.2) is 72.8 Å². The predicted octanol–water partition coefficient (Wildman–Crippen LogP) is 9.88. The Labute approximate surface area is 207 Å². The van der Waals surface area contributed by atoms with E-state index >= 15 is 0 Å². The average Bonchev–Trinajstić information content (AvgIpc) is 3.46. The number of allylic oxidation sites excluding steroid dienone is 4. The smallest absolute Gasteiger partial charge is 0.0578 e. The van der Waals surface area contributed by atoms with Gasteiger partial charge >= 0.3 is 0 Å². The number of hydrogen-bond acceptors (Lipinski definition) is 0. The number of hydrogen-bond donors (Lipinski definition) is 0. The molecule has 0 radical (unpaired) electrons. The minimum Gasteiger partial charge on any atom is -0.0808 e. The third-order valence-corrected chi connectivity index (χ3v) is 16.5. The van der Waals surface area contributed by atoms with Crippen LogP contribution in [0.3, 0.4) is 0 Å². The molecule has 1 heterocycles. The Bertz CT molecular complexity index is 1200. The fraction of sp³-hybridized carbons (Fsp3) is 0.455. The van der Waals surface area contributed by atoms with Gasteiger partial charge in [-0.3, -0.25) is 0 Å². The third-order valence-electron chi connectivity index (χ3n) is 9.94. The lowest BCUT2D eigenvalue weighted by Gasteiger charge is -2.42. The fourth-order valence-corrected chi connectivity index (χ4v) is 16.2. The number of fused-ring (bicyclic) bond motifs is 3. The summed E-state index contributed by atoms with van der Waals surface area (Å²) in [6.45, 7) is 7.57. The molecule has 1 saturated heterocycles. The molecule has 3 aromatic carbocycles. The molecule has 2 fully saturated rings. The first-order valence-corrected chi connectivity index (χ1v) is 16.6. The first kappa shape index (κ1) is 22.3. The second kappa shape index (κ2) is 8.83. The van der Waals surface area contributed by atoms with Gasteiger partial charge in [-0.05, 0) is 74.4 Å². The fourth-order valence-electron chi connectivity index (χ4n) is 8.53. The molecule has 0 spiro atoms. The van der Waals surface area contributed by atoms with Crippen LogP contribution >= 0.6 is 0 Å². The van der Waals surface area contributed by atoms with Gasteiger partial charge in [0.25, 0.3) is 0 Å². The van der Waals surface area contributed by atoms with E-state index in [9.17, 15) is 0 Å². The molecule has 3 aromatic rings. The summed E-state index contributed by atoms with van der Waals surface area (Å²) in [5.74, 6) is 3.19. The van der Waals surface area contributed by atoms with Gasteiger partial charge < -0.3 is 0 Å². The first-order chi connectivity index (χ1) is 16.6. The lowest BCUT2D eigenvalue weighted by atomic mass is 9.78.